The standard InChI is InChI=1S/C22H14F17IO5S/c1-43-13-7-3-11(4-8-13)40(12-5-9-14(44-2)10-6-12)45-46(41,42)22(38,39)20(33,34)18(29,30)16(25,26)15(23,24)17(27,28)19(31,32)21(35,36)37/h3-10H,1-2H3. The van der Waals surface area contributed by atoms with Gasteiger partial charge in [-0.1, -0.05) is 0 Å². The number of rotatable bonds is 13. The molecule has 0 unspecified atom stereocenters. The zero-order valence-electron chi connectivity index (χ0n) is 21.9. The molecule has 0 N–H and O–H groups in total. The molecule has 2 aromatic carbocycles. The van der Waals surface area contributed by atoms with Gasteiger partial charge in [0.2, 0.25) is 0 Å². The van der Waals surface area contributed by atoms with Gasteiger partial charge < -0.3 is 0 Å². The van der Waals surface area contributed by atoms with E-state index in [1.165, 1.54) is 0 Å². The van der Waals surface area contributed by atoms with Gasteiger partial charge in [0.1, 0.15) is 0 Å². The van der Waals surface area contributed by atoms with Crippen LogP contribution in [0.4, 0.5) is 74.6 Å². The van der Waals surface area contributed by atoms with Crippen LogP contribution in [0.5, 0.6) is 11.5 Å². The molecule has 46 heavy (non-hydrogen) atoms. The van der Waals surface area contributed by atoms with Gasteiger partial charge in [0.05, 0.1) is 0 Å². The van der Waals surface area contributed by atoms with E-state index in [1.54, 1.807) is 0 Å². The van der Waals surface area contributed by atoms with Crippen molar-refractivity contribution in [3.8, 4) is 11.5 Å². The quantitative estimate of drug-likeness (QED) is 0.150. The molecule has 0 atom stereocenters. The molecule has 0 radical (unpaired) electrons. The van der Waals surface area contributed by atoms with E-state index in [9.17, 15) is 83.1 Å². The van der Waals surface area contributed by atoms with E-state index in [-0.39, 0.29) is 11.5 Å². The van der Waals surface area contributed by atoms with E-state index < -0.39 is 84.5 Å². The Hall–Kier alpha value is -2.51. The molecule has 2 aromatic rings. The molecule has 0 amide bonds. The van der Waals surface area contributed by atoms with Gasteiger partial charge in [0.25, 0.3) is 0 Å². The number of halogens is 18. The number of hydrogen-bond acceptors (Lipinski definition) is 5. The van der Waals surface area contributed by atoms with Gasteiger partial charge in [-0.2, -0.15) is 0 Å². The van der Waals surface area contributed by atoms with Crippen LogP contribution in [0.2, 0.25) is 0 Å². The maximum absolute atomic E-state index is 14.7. The van der Waals surface area contributed by atoms with Crippen LogP contribution in [-0.2, 0) is 12.6 Å². The third kappa shape index (κ3) is 6.00. The van der Waals surface area contributed by atoms with Crippen LogP contribution >= 0.6 is 20.2 Å². The fourth-order valence-electron chi connectivity index (χ4n) is 3.00. The van der Waals surface area contributed by atoms with E-state index in [0.717, 1.165) is 62.8 Å². The van der Waals surface area contributed by atoms with Gasteiger partial charge in [-0.15, -0.1) is 0 Å². The summed E-state index contributed by atoms with van der Waals surface area (Å²) in [6.45, 7) is 0. The summed E-state index contributed by atoms with van der Waals surface area (Å²) in [5, 5.41) is -7.79. The van der Waals surface area contributed by atoms with Crippen LogP contribution in [0.25, 0.3) is 0 Å². The Morgan fingerprint density at radius 2 is 0.761 bits per heavy atom. The van der Waals surface area contributed by atoms with Gasteiger partial charge in [-0.25, -0.2) is 0 Å². The Labute approximate surface area is 253 Å². The topological polar surface area (TPSA) is 61.8 Å². The molecule has 0 saturated carbocycles. The molecule has 0 spiro atoms. The van der Waals surface area contributed by atoms with E-state index in [4.69, 9.17) is 9.47 Å². The second-order valence-electron chi connectivity index (χ2n) is 8.54. The van der Waals surface area contributed by atoms with Crippen molar-refractivity contribution >= 4 is 30.4 Å². The predicted octanol–water partition coefficient (Wildman–Crippen LogP) is 8.48. The van der Waals surface area contributed by atoms with Gasteiger partial charge in [0, 0.05) is 0 Å². The number of benzene rings is 2. The minimum atomic E-state index is -8.94. The van der Waals surface area contributed by atoms with Gasteiger partial charge in [-0.3, -0.25) is 0 Å². The zero-order chi connectivity index (χ0) is 36.2. The number of alkyl halides is 17. The number of ether oxygens (including phenoxy) is 2. The van der Waals surface area contributed by atoms with Crippen molar-refractivity contribution in [1.82, 2.24) is 0 Å². The van der Waals surface area contributed by atoms with Crippen molar-refractivity contribution in [2.45, 2.75) is 47.0 Å². The molecule has 0 aliphatic heterocycles. The number of hydrogen-bond donors (Lipinski definition) is 0. The van der Waals surface area contributed by atoms with Gasteiger partial charge >= 0.3 is 254 Å². The summed E-state index contributed by atoms with van der Waals surface area (Å²) in [6, 6.07) is 7.58. The van der Waals surface area contributed by atoms with E-state index >= 15 is 0 Å². The monoisotopic (exact) mass is 840 g/mol. The molecular formula is C22H14F17IO5S. The second-order valence-corrected chi connectivity index (χ2v) is 15.1. The summed E-state index contributed by atoms with van der Waals surface area (Å²) < 4.78 is 269. The average Bonchev–Trinajstić information content (AvgIpc) is 2.94. The molecule has 0 aliphatic rings. The van der Waals surface area contributed by atoms with Crippen LogP contribution < -0.4 is 9.47 Å². The Morgan fingerprint density at radius 1 is 0.478 bits per heavy atom. The zero-order valence-corrected chi connectivity index (χ0v) is 24.8. The van der Waals surface area contributed by atoms with E-state index in [0.29, 0.717) is 0 Å². The Kier molecular flexibility index (Phi) is 10.5. The predicted molar refractivity (Wildman–Crippen MR) is 128 cm³/mol. The summed E-state index contributed by atoms with van der Waals surface area (Å²) in [7, 11) is -5.55. The van der Waals surface area contributed by atoms with Gasteiger partial charge in [0.15, 0.2) is 0 Å². The molecule has 0 heterocycles. The fraction of sp³-hybridized carbons (Fsp3) is 0.455. The molecule has 264 valence electrons. The third-order valence-electron chi connectivity index (χ3n) is 5.65. The molecule has 0 bridgehead atoms. The number of methoxy groups -OCH3 is 2. The van der Waals surface area contributed by atoms with Crippen molar-refractivity contribution in [1.29, 1.82) is 0 Å². The first-order valence-electron chi connectivity index (χ1n) is 11.1. The van der Waals surface area contributed by atoms with Crippen molar-refractivity contribution in [3.05, 3.63) is 55.7 Å². The Morgan fingerprint density at radius 3 is 1.04 bits per heavy atom. The summed E-state index contributed by atoms with van der Waals surface area (Å²) in [4.78, 5) is 0. The average molecular weight is 840 g/mol. The summed E-state index contributed by atoms with van der Waals surface area (Å²) in [5.41, 5.74) is 0. The van der Waals surface area contributed by atoms with Crippen molar-refractivity contribution < 1.29 is 95.0 Å². The summed E-state index contributed by atoms with van der Waals surface area (Å²) >= 11 is -4.68. The summed E-state index contributed by atoms with van der Waals surface area (Å²) in [5.74, 6) is -52.2. The minimum absolute atomic E-state index is 0.00438. The molecule has 2 rings (SSSR count). The van der Waals surface area contributed by atoms with Crippen LogP contribution in [0.15, 0.2) is 48.5 Å². The normalized spacial score (nSPS) is 15.1. The van der Waals surface area contributed by atoms with Crippen molar-refractivity contribution in [2.24, 2.45) is 0 Å². The van der Waals surface area contributed by atoms with Crippen LogP contribution in [-0.4, -0.2) is 69.6 Å². The molecule has 0 saturated heterocycles. The molecular weight excluding hydrogens is 826 g/mol. The van der Waals surface area contributed by atoms with E-state index in [2.05, 4.69) is 2.51 Å². The first kappa shape index (κ1) is 39.7. The molecule has 5 nitrogen and oxygen atoms in total. The second kappa shape index (κ2) is 12.2. The third-order valence-corrected chi connectivity index (χ3v) is 13.0. The first-order chi connectivity index (χ1) is 20.4. The Bertz CT molecular complexity index is 1430. The first-order valence-corrected chi connectivity index (χ1v) is 15.5. The SMILES string of the molecule is COc1ccc(I(OS(=O)(=O)C(F)(F)C(F)(F)C(F)(F)C(F)(F)C(F)(F)C(F)(F)C(F)(F)C(F)(F)F)c2ccc(OC)cc2)cc1. The van der Waals surface area contributed by atoms with Crippen LogP contribution in [0, 0.1) is 7.14 Å². The molecule has 0 aliphatic carbocycles. The van der Waals surface area contributed by atoms with Crippen molar-refractivity contribution in [3.63, 3.8) is 0 Å². The Balaban J connectivity index is 2.70. The molecule has 0 aromatic heterocycles. The summed E-state index contributed by atoms with van der Waals surface area (Å²) in [6.07, 6.45) is -7.92. The molecule has 24 heteroatoms. The van der Waals surface area contributed by atoms with E-state index in [1.807, 2.05) is 0 Å². The van der Waals surface area contributed by atoms with Crippen LogP contribution in [0.3, 0.4) is 0 Å². The molecule has 0 fully saturated rings. The van der Waals surface area contributed by atoms with Crippen molar-refractivity contribution in [2.75, 3.05) is 14.2 Å². The van der Waals surface area contributed by atoms with Crippen LogP contribution in [0.1, 0.15) is 0 Å². The fourth-order valence-corrected chi connectivity index (χ4v) is 9.92. The van der Waals surface area contributed by atoms with Gasteiger partial charge in [-0.05, 0) is 0 Å². The maximum atomic E-state index is 14.7.